The van der Waals surface area contributed by atoms with E-state index in [2.05, 4.69) is 32.8 Å². The second kappa shape index (κ2) is 8.96. The Morgan fingerprint density at radius 2 is 1.67 bits per heavy atom. The maximum Gasteiger partial charge on any atom is 0.252 e. The fourth-order valence-electron chi connectivity index (χ4n) is 3.87. The van der Waals surface area contributed by atoms with E-state index in [9.17, 15) is 4.79 Å². The first kappa shape index (κ1) is 20.4. The summed E-state index contributed by atoms with van der Waals surface area (Å²) < 4.78 is 7.05. The van der Waals surface area contributed by atoms with Crippen LogP contribution in [-0.4, -0.2) is 25.2 Å². The normalized spacial score (nSPS) is 11.0. The fraction of sp³-hybridized carbons (Fsp3) is 0.120. The molecule has 3 heterocycles. The summed E-state index contributed by atoms with van der Waals surface area (Å²) >= 11 is 0. The van der Waals surface area contributed by atoms with E-state index >= 15 is 0 Å². The molecule has 164 valence electrons. The van der Waals surface area contributed by atoms with Crippen LogP contribution in [0.15, 0.2) is 88.3 Å². The van der Waals surface area contributed by atoms with Crippen LogP contribution in [0.3, 0.4) is 0 Å². The summed E-state index contributed by atoms with van der Waals surface area (Å²) in [6.07, 6.45) is 3.18. The minimum Gasteiger partial charge on any atom is -0.464 e. The summed E-state index contributed by atoms with van der Waals surface area (Å²) in [5.74, 6) is 1.78. The zero-order chi connectivity index (χ0) is 22.6. The van der Waals surface area contributed by atoms with Gasteiger partial charge in [-0.05, 0) is 65.1 Å². The number of aromatic amines is 1. The molecule has 0 unspecified atom stereocenters. The monoisotopic (exact) mass is 438 g/mol. The van der Waals surface area contributed by atoms with E-state index in [1.54, 1.807) is 16.9 Å². The largest absolute Gasteiger partial charge is 0.464 e. The topological polar surface area (TPSA) is 116 Å². The average Bonchev–Trinajstić information content (AvgIpc) is 3.55. The van der Waals surface area contributed by atoms with Crippen molar-refractivity contribution in [3.63, 3.8) is 0 Å². The number of nitrogens with zero attached hydrogens (tertiary/aromatic N) is 4. The SMILES string of the molecule is Nc1cc(CCc2cccc(-c3ccco3)c2)cc(=O)n1Cc1cccc(-c2nn[nH]n2)c1. The van der Waals surface area contributed by atoms with E-state index in [-0.39, 0.29) is 5.56 Å². The van der Waals surface area contributed by atoms with Crippen molar-refractivity contribution in [2.24, 2.45) is 0 Å². The lowest BCUT2D eigenvalue weighted by atomic mass is 10.0. The number of anilines is 1. The predicted octanol–water partition coefficient (Wildman–Crippen LogP) is 3.70. The molecule has 5 rings (SSSR count). The van der Waals surface area contributed by atoms with Gasteiger partial charge in [0, 0.05) is 17.2 Å². The minimum absolute atomic E-state index is 0.126. The zero-order valence-corrected chi connectivity index (χ0v) is 17.8. The summed E-state index contributed by atoms with van der Waals surface area (Å²) in [5, 5.41) is 14.0. The van der Waals surface area contributed by atoms with Crippen LogP contribution in [0.1, 0.15) is 16.7 Å². The van der Waals surface area contributed by atoms with Gasteiger partial charge in [0.2, 0.25) is 5.82 Å². The van der Waals surface area contributed by atoms with Gasteiger partial charge in [0.1, 0.15) is 11.6 Å². The van der Waals surface area contributed by atoms with Crippen molar-refractivity contribution in [1.29, 1.82) is 0 Å². The predicted molar refractivity (Wildman–Crippen MR) is 125 cm³/mol. The Kier molecular flexibility index (Phi) is 5.55. The van der Waals surface area contributed by atoms with Crippen molar-refractivity contribution in [2.75, 3.05) is 5.73 Å². The van der Waals surface area contributed by atoms with Gasteiger partial charge in [-0.2, -0.15) is 5.21 Å². The van der Waals surface area contributed by atoms with E-state index in [0.29, 0.717) is 18.2 Å². The van der Waals surface area contributed by atoms with Gasteiger partial charge in [0.25, 0.3) is 5.56 Å². The lowest BCUT2D eigenvalue weighted by Gasteiger charge is -2.12. The number of H-pyrrole nitrogens is 1. The highest BCUT2D eigenvalue weighted by Crippen LogP contribution is 2.22. The van der Waals surface area contributed by atoms with Crippen molar-refractivity contribution in [2.45, 2.75) is 19.4 Å². The molecule has 8 nitrogen and oxygen atoms in total. The summed E-state index contributed by atoms with van der Waals surface area (Å²) in [6.45, 7) is 0.363. The Balaban J connectivity index is 1.31. The molecule has 5 aromatic rings. The molecule has 0 saturated heterocycles. The van der Waals surface area contributed by atoms with E-state index in [0.717, 1.165) is 40.9 Å². The molecular formula is C25H22N6O2. The van der Waals surface area contributed by atoms with Crippen LogP contribution in [0, 0.1) is 0 Å². The van der Waals surface area contributed by atoms with Gasteiger partial charge < -0.3 is 10.2 Å². The number of benzene rings is 2. The Bertz CT molecular complexity index is 1420. The molecule has 0 saturated carbocycles. The Morgan fingerprint density at radius 1 is 0.879 bits per heavy atom. The number of hydrogen-bond donors (Lipinski definition) is 2. The Labute approximate surface area is 189 Å². The number of furan rings is 1. The molecule has 0 fully saturated rings. The molecule has 0 aliphatic carbocycles. The molecule has 8 heteroatoms. The molecule has 3 aromatic heterocycles. The van der Waals surface area contributed by atoms with Crippen LogP contribution < -0.4 is 11.3 Å². The van der Waals surface area contributed by atoms with Crippen LogP contribution >= 0.6 is 0 Å². The number of nitrogens with two attached hydrogens (primary N) is 1. The maximum absolute atomic E-state index is 12.8. The number of aromatic nitrogens is 5. The van der Waals surface area contributed by atoms with Gasteiger partial charge >= 0.3 is 0 Å². The van der Waals surface area contributed by atoms with Crippen molar-refractivity contribution in [3.8, 4) is 22.7 Å². The van der Waals surface area contributed by atoms with E-state index in [1.165, 1.54) is 5.56 Å². The smallest absolute Gasteiger partial charge is 0.252 e. The van der Waals surface area contributed by atoms with E-state index in [1.807, 2.05) is 54.6 Å². The molecule has 0 spiro atoms. The van der Waals surface area contributed by atoms with E-state index < -0.39 is 0 Å². The van der Waals surface area contributed by atoms with Gasteiger partial charge in [-0.15, -0.1) is 10.2 Å². The fourth-order valence-corrected chi connectivity index (χ4v) is 3.87. The number of nitrogen functional groups attached to an aromatic ring is 1. The van der Waals surface area contributed by atoms with Gasteiger partial charge in [-0.25, -0.2) is 0 Å². The molecule has 0 radical (unpaired) electrons. The summed E-state index contributed by atoms with van der Waals surface area (Å²) in [5.41, 5.74) is 11.0. The van der Waals surface area contributed by atoms with Crippen LogP contribution in [0.25, 0.3) is 22.7 Å². The zero-order valence-electron chi connectivity index (χ0n) is 17.8. The highest BCUT2D eigenvalue weighted by Gasteiger charge is 2.09. The van der Waals surface area contributed by atoms with Crippen molar-refractivity contribution >= 4 is 5.82 Å². The molecule has 2 aromatic carbocycles. The summed E-state index contributed by atoms with van der Waals surface area (Å²) in [6, 6.07) is 23.2. The molecule has 0 aliphatic rings. The van der Waals surface area contributed by atoms with Crippen molar-refractivity contribution in [1.82, 2.24) is 25.2 Å². The third-order valence-corrected chi connectivity index (χ3v) is 5.53. The molecule has 33 heavy (non-hydrogen) atoms. The lowest BCUT2D eigenvalue weighted by molar-refractivity contribution is 0.582. The Morgan fingerprint density at radius 3 is 2.42 bits per heavy atom. The van der Waals surface area contributed by atoms with Crippen LogP contribution in [-0.2, 0) is 19.4 Å². The third-order valence-electron chi connectivity index (χ3n) is 5.53. The summed E-state index contributed by atoms with van der Waals surface area (Å²) in [4.78, 5) is 12.8. The molecule has 0 amide bonds. The standard InChI is InChI=1S/C25H22N6O2/c26-23-14-18(10-9-17-4-1-6-20(12-17)22-8-3-11-33-22)15-24(32)31(23)16-19-5-2-7-21(13-19)25-27-29-30-28-25/h1-8,11-15H,9-10,16,26H2,(H,27,28,29,30). The second-order valence-corrected chi connectivity index (χ2v) is 7.83. The highest BCUT2D eigenvalue weighted by molar-refractivity contribution is 5.58. The first-order chi connectivity index (χ1) is 16.2. The molecule has 3 N–H and O–H groups in total. The van der Waals surface area contributed by atoms with Crippen LogP contribution in [0.4, 0.5) is 5.82 Å². The van der Waals surface area contributed by atoms with Crippen molar-refractivity contribution in [3.05, 3.63) is 106 Å². The highest BCUT2D eigenvalue weighted by atomic mass is 16.3. The van der Waals surface area contributed by atoms with Gasteiger partial charge in [-0.3, -0.25) is 9.36 Å². The van der Waals surface area contributed by atoms with Gasteiger partial charge in [0.05, 0.1) is 12.8 Å². The number of rotatable bonds is 7. The van der Waals surface area contributed by atoms with Gasteiger partial charge in [0.15, 0.2) is 0 Å². The first-order valence-electron chi connectivity index (χ1n) is 10.6. The first-order valence-corrected chi connectivity index (χ1v) is 10.6. The lowest BCUT2D eigenvalue weighted by Crippen LogP contribution is -2.23. The summed E-state index contributed by atoms with van der Waals surface area (Å²) in [7, 11) is 0. The number of hydrogen-bond acceptors (Lipinski definition) is 6. The van der Waals surface area contributed by atoms with Crippen LogP contribution in [0.2, 0.25) is 0 Å². The third kappa shape index (κ3) is 4.59. The molecular weight excluding hydrogens is 416 g/mol. The molecule has 0 atom stereocenters. The second-order valence-electron chi connectivity index (χ2n) is 7.83. The number of tetrazole rings is 1. The Hall–Kier alpha value is -4.46. The average molecular weight is 438 g/mol. The molecule has 0 aliphatic heterocycles. The number of aryl methyl sites for hydroxylation is 2. The van der Waals surface area contributed by atoms with E-state index in [4.69, 9.17) is 10.2 Å². The number of pyridine rings is 1. The van der Waals surface area contributed by atoms with Crippen molar-refractivity contribution < 1.29 is 4.42 Å². The van der Waals surface area contributed by atoms with Crippen LogP contribution in [0.5, 0.6) is 0 Å². The number of nitrogens with one attached hydrogen (secondary N) is 1. The van der Waals surface area contributed by atoms with Gasteiger partial charge in [-0.1, -0.05) is 36.4 Å². The quantitative estimate of drug-likeness (QED) is 0.400. The maximum atomic E-state index is 12.8. The minimum atomic E-state index is -0.126. The molecule has 0 bridgehead atoms.